The molecule has 0 fully saturated rings. The molecule has 0 aliphatic carbocycles. The SMILES string of the molecule is CCc1ncnc(Oc2cccc(CC(=O)O)c2)c1F. The fraction of sp³-hybridized carbons (Fsp3) is 0.214. The number of rotatable bonds is 5. The summed E-state index contributed by atoms with van der Waals surface area (Å²) < 4.78 is 19.3. The van der Waals surface area contributed by atoms with Crippen molar-refractivity contribution in [2.24, 2.45) is 0 Å². The molecular weight excluding hydrogens is 263 g/mol. The van der Waals surface area contributed by atoms with Gasteiger partial charge in [0.25, 0.3) is 5.88 Å². The van der Waals surface area contributed by atoms with E-state index in [1.807, 2.05) is 0 Å². The van der Waals surface area contributed by atoms with Gasteiger partial charge in [0.2, 0.25) is 5.82 Å². The lowest BCUT2D eigenvalue weighted by atomic mass is 10.1. The van der Waals surface area contributed by atoms with Crippen LogP contribution in [0.1, 0.15) is 18.2 Å². The number of benzene rings is 1. The van der Waals surface area contributed by atoms with E-state index in [2.05, 4.69) is 9.97 Å². The maximum absolute atomic E-state index is 13.9. The number of ether oxygens (including phenoxy) is 1. The molecule has 1 aromatic heterocycles. The average molecular weight is 276 g/mol. The highest BCUT2D eigenvalue weighted by Gasteiger charge is 2.12. The Bertz CT molecular complexity index is 632. The van der Waals surface area contributed by atoms with Crippen LogP contribution in [0, 0.1) is 5.82 Å². The molecule has 0 aliphatic rings. The zero-order chi connectivity index (χ0) is 14.5. The van der Waals surface area contributed by atoms with Crippen LogP contribution in [-0.4, -0.2) is 21.0 Å². The summed E-state index contributed by atoms with van der Waals surface area (Å²) in [7, 11) is 0. The van der Waals surface area contributed by atoms with Crippen LogP contribution in [0.5, 0.6) is 11.6 Å². The number of nitrogens with zero attached hydrogens (tertiary/aromatic N) is 2. The van der Waals surface area contributed by atoms with Gasteiger partial charge in [0.05, 0.1) is 12.1 Å². The molecule has 1 heterocycles. The van der Waals surface area contributed by atoms with Gasteiger partial charge in [0, 0.05) is 0 Å². The molecule has 2 aromatic rings. The topological polar surface area (TPSA) is 72.3 Å². The second kappa shape index (κ2) is 6.10. The van der Waals surface area contributed by atoms with Crippen molar-refractivity contribution in [3.05, 3.63) is 47.7 Å². The van der Waals surface area contributed by atoms with Gasteiger partial charge in [-0.15, -0.1) is 0 Å². The number of aromatic nitrogens is 2. The van der Waals surface area contributed by atoms with Crippen molar-refractivity contribution < 1.29 is 19.0 Å². The molecular formula is C14H13FN2O3. The Morgan fingerprint density at radius 2 is 2.20 bits per heavy atom. The van der Waals surface area contributed by atoms with E-state index in [1.54, 1.807) is 31.2 Å². The van der Waals surface area contributed by atoms with Gasteiger partial charge in [0.15, 0.2) is 0 Å². The number of carbonyl (C=O) groups is 1. The predicted molar refractivity (Wildman–Crippen MR) is 69.2 cm³/mol. The maximum Gasteiger partial charge on any atom is 0.307 e. The summed E-state index contributed by atoms with van der Waals surface area (Å²) in [5.74, 6) is -1.37. The molecule has 0 bridgehead atoms. The Labute approximate surface area is 115 Å². The van der Waals surface area contributed by atoms with E-state index in [4.69, 9.17) is 9.84 Å². The van der Waals surface area contributed by atoms with Crippen molar-refractivity contribution >= 4 is 5.97 Å². The molecule has 1 N–H and O–H groups in total. The summed E-state index contributed by atoms with van der Waals surface area (Å²) in [6.45, 7) is 1.78. The van der Waals surface area contributed by atoms with Gasteiger partial charge in [-0.25, -0.2) is 4.98 Å². The number of halogens is 1. The van der Waals surface area contributed by atoms with Crippen molar-refractivity contribution in [1.29, 1.82) is 0 Å². The van der Waals surface area contributed by atoms with E-state index < -0.39 is 11.8 Å². The van der Waals surface area contributed by atoms with Crippen molar-refractivity contribution in [1.82, 2.24) is 9.97 Å². The minimum absolute atomic E-state index is 0.121. The summed E-state index contributed by atoms with van der Waals surface area (Å²) in [4.78, 5) is 18.2. The quantitative estimate of drug-likeness (QED) is 0.908. The maximum atomic E-state index is 13.9. The summed E-state index contributed by atoms with van der Waals surface area (Å²) >= 11 is 0. The fourth-order valence-corrected chi connectivity index (χ4v) is 1.71. The minimum Gasteiger partial charge on any atom is -0.481 e. The van der Waals surface area contributed by atoms with E-state index >= 15 is 0 Å². The lowest BCUT2D eigenvalue weighted by molar-refractivity contribution is -0.136. The average Bonchev–Trinajstić information content (AvgIpc) is 2.41. The zero-order valence-electron chi connectivity index (χ0n) is 10.8. The van der Waals surface area contributed by atoms with Gasteiger partial charge in [-0.2, -0.15) is 9.37 Å². The third kappa shape index (κ3) is 3.28. The minimum atomic E-state index is -0.941. The molecule has 0 saturated carbocycles. The molecule has 104 valence electrons. The number of carboxylic acids is 1. The highest BCUT2D eigenvalue weighted by molar-refractivity contribution is 5.70. The van der Waals surface area contributed by atoms with Crippen molar-refractivity contribution in [2.45, 2.75) is 19.8 Å². The zero-order valence-corrected chi connectivity index (χ0v) is 10.8. The highest BCUT2D eigenvalue weighted by Crippen LogP contribution is 2.24. The van der Waals surface area contributed by atoms with E-state index in [0.717, 1.165) is 0 Å². The van der Waals surface area contributed by atoms with Gasteiger partial charge in [-0.3, -0.25) is 4.79 Å². The summed E-state index contributed by atoms with van der Waals surface area (Å²) in [5.41, 5.74) is 0.844. The molecule has 1 aromatic carbocycles. The molecule has 0 amide bonds. The largest absolute Gasteiger partial charge is 0.481 e. The highest BCUT2D eigenvalue weighted by atomic mass is 19.1. The first-order valence-electron chi connectivity index (χ1n) is 6.08. The normalized spacial score (nSPS) is 10.3. The first-order valence-corrected chi connectivity index (χ1v) is 6.08. The third-order valence-corrected chi connectivity index (χ3v) is 2.63. The van der Waals surface area contributed by atoms with E-state index in [1.165, 1.54) is 6.33 Å². The van der Waals surface area contributed by atoms with Gasteiger partial charge < -0.3 is 9.84 Å². The summed E-state index contributed by atoms with van der Waals surface area (Å²) in [5, 5.41) is 8.74. The van der Waals surface area contributed by atoms with E-state index in [9.17, 15) is 9.18 Å². The van der Waals surface area contributed by atoms with Gasteiger partial charge in [-0.05, 0) is 24.1 Å². The van der Waals surface area contributed by atoms with Crippen LogP contribution in [0.2, 0.25) is 0 Å². The van der Waals surface area contributed by atoms with Crippen molar-refractivity contribution in [2.75, 3.05) is 0 Å². The van der Waals surface area contributed by atoms with Crippen molar-refractivity contribution in [3.8, 4) is 11.6 Å². The Hall–Kier alpha value is -2.50. The molecule has 0 spiro atoms. The Morgan fingerprint density at radius 1 is 1.40 bits per heavy atom. The van der Waals surface area contributed by atoms with Crippen LogP contribution in [0.4, 0.5) is 4.39 Å². The molecule has 0 aliphatic heterocycles. The molecule has 6 heteroatoms. The Kier molecular flexibility index (Phi) is 4.24. The fourth-order valence-electron chi connectivity index (χ4n) is 1.71. The van der Waals surface area contributed by atoms with Gasteiger partial charge in [-0.1, -0.05) is 19.1 Å². The first-order chi connectivity index (χ1) is 9.60. The van der Waals surface area contributed by atoms with Crippen LogP contribution in [0.3, 0.4) is 0 Å². The lowest BCUT2D eigenvalue weighted by Gasteiger charge is -2.08. The van der Waals surface area contributed by atoms with Crippen LogP contribution in [0.25, 0.3) is 0 Å². The molecule has 20 heavy (non-hydrogen) atoms. The lowest BCUT2D eigenvalue weighted by Crippen LogP contribution is -2.01. The second-order valence-corrected chi connectivity index (χ2v) is 4.11. The molecule has 2 rings (SSSR count). The number of carboxylic acid groups (broad SMARTS) is 1. The van der Waals surface area contributed by atoms with E-state index in [0.29, 0.717) is 17.7 Å². The number of aliphatic carboxylic acids is 1. The van der Waals surface area contributed by atoms with E-state index in [-0.39, 0.29) is 18.0 Å². The smallest absolute Gasteiger partial charge is 0.307 e. The van der Waals surface area contributed by atoms with Crippen molar-refractivity contribution in [3.63, 3.8) is 0 Å². The van der Waals surface area contributed by atoms with Crippen LogP contribution >= 0.6 is 0 Å². The number of hydrogen-bond donors (Lipinski definition) is 1. The Balaban J connectivity index is 2.24. The van der Waals surface area contributed by atoms with Crippen LogP contribution in [-0.2, 0) is 17.6 Å². The van der Waals surface area contributed by atoms with Crippen LogP contribution in [0.15, 0.2) is 30.6 Å². The Morgan fingerprint density at radius 3 is 2.90 bits per heavy atom. The van der Waals surface area contributed by atoms with Gasteiger partial charge in [0.1, 0.15) is 12.1 Å². The van der Waals surface area contributed by atoms with Crippen LogP contribution < -0.4 is 4.74 Å². The van der Waals surface area contributed by atoms with Gasteiger partial charge >= 0.3 is 5.97 Å². The monoisotopic (exact) mass is 276 g/mol. The molecule has 0 radical (unpaired) electrons. The molecule has 0 atom stereocenters. The summed E-state index contributed by atoms with van der Waals surface area (Å²) in [6, 6.07) is 6.46. The second-order valence-electron chi connectivity index (χ2n) is 4.11. The molecule has 0 unspecified atom stereocenters. The third-order valence-electron chi connectivity index (χ3n) is 2.63. The molecule has 5 nitrogen and oxygen atoms in total. The number of hydrogen-bond acceptors (Lipinski definition) is 4. The standard InChI is InChI=1S/C14H13FN2O3/c1-2-11-13(15)14(17-8-16-11)20-10-5-3-4-9(6-10)7-12(18)19/h3-6,8H,2,7H2,1H3,(H,18,19). The summed E-state index contributed by atoms with van der Waals surface area (Å²) in [6.07, 6.45) is 1.55. The first kappa shape index (κ1) is 13.9. The molecule has 0 saturated heterocycles. The number of aryl methyl sites for hydroxylation is 1. The predicted octanol–water partition coefficient (Wildman–Crippen LogP) is 2.60.